The maximum absolute atomic E-state index is 11.2. The molecule has 1 aliphatic carbocycles. The molecule has 0 aliphatic heterocycles. The quantitative estimate of drug-likeness (QED) is 0.580. The maximum atomic E-state index is 11.2. The predicted octanol–water partition coefficient (Wildman–Crippen LogP) is 7.11. The minimum Gasteiger partial charge on any atom is -0.507 e. The van der Waals surface area contributed by atoms with Crippen LogP contribution in [0, 0.1) is 19.8 Å². The third kappa shape index (κ3) is 3.79. The fourth-order valence-corrected chi connectivity index (χ4v) is 5.14. The number of phenols is 2. The largest absolute Gasteiger partial charge is 0.507 e. The van der Waals surface area contributed by atoms with Crippen molar-refractivity contribution in [1.82, 2.24) is 0 Å². The number of aryl methyl sites for hydroxylation is 3. The average Bonchev–Trinajstić information content (AvgIpc) is 2.68. The highest BCUT2D eigenvalue weighted by atomic mass is 16.3. The van der Waals surface area contributed by atoms with Gasteiger partial charge in [0.25, 0.3) is 0 Å². The molecule has 2 aromatic carbocycles. The van der Waals surface area contributed by atoms with Crippen molar-refractivity contribution in [3.8, 4) is 11.5 Å². The molecule has 0 heterocycles. The molecule has 0 aromatic heterocycles. The third-order valence-corrected chi connectivity index (χ3v) is 6.69. The summed E-state index contributed by atoms with van der Waals surface area (Å²) in [5.74, 6) is 1.76. The van der Waals surface area contributed by atoms with Gasteiger partial charge in [-0.15, -0.1) is 0 Å². The minimum atomic E-state index is 0.138. The summed E-state index contributed by atoms with van der Waals surface area (Å²) in [7, 11) is 0. The summed E-state index contributed by atoms with van der Waals surface area (Å²) in [6.45, 7) is 10.5. The molecule has 0 radical (unpaired) electrons. The van der Waals surface area contributed by atoms with Gasteiger partial charge in [-0.2, -0.15) is 0 Å². The molecule has 1 aliphatic rings. The monoisotopic (exact) mass is 380 g/mol. The van der Waals surface area contributed by atoms with Crippen LogP contribution < -0.4 is 0 Å². The number of benzene rings is 2. The van der Waals surface area contributed by atoms with Crippen molar-refractivity contribution in [3.05, 3.63) is 57.6 Å². The lowest BCUT2D eigenvalue weighted by molar-refractivity contribution is 0.319. The SMILES string of the molecule is CCc1ccc(C)c(O)c1C(c1ccc(C)c(O)c1C(C)C)C1CCCCC1. The maximum Gasteiger partial charge on any atom is 0.122 e. The zero-order valence-corrected chi connectivity index (χ0v) is 18.2. The van der Waals surface area contributed by atoms with E-state index in [4.69, 9.17) is 0 Å². The topological polar surface area (TPSA) is 40.5 Å². The molecule has 2 N–H and O–H groups in total. The van der Waals surface area contributed by atoms with Crippen molar-refractivity contribution in [1.29, 1.82) is 0 Å². The van der Waals surface area contributed by atoms with Gasteiger partial charge in [0.15, 0.2) is 0 Å². The van der Waals surface area contributed by atoms with Crippen molar-refractivity contribution in [3.63, 3.8) is 0 Å². The van der Waals surface area contributed by atoms with Crippen molar-refractivity contribution < 1.29 is 10.2 Å². The van der Waals surface area contributed by atoms with Crippen LogP contribution in [0.3, 0.4) is 0 Å². The summed E-state index contributed by atoms with van der Waals surface area (Å²) in [6.07, 6.45) is 7.09. The van der Waals surface area contributed by atoms with E-state index in [2.05, 4.69) is 32.9 Å². The zero-order valence-electron chi connectivity index (χ0n) is 18.2. The smallest absolute Gasteiger partial charge is 0.122 e. The van der Waals surface area contributed by atoms with Gasteiger partial charge in [0.1, 0.15) is 11.5 Å². The van der Waals surface area contributed by atoms with Crippen LogP contribution >= 0.6 is 0 Å². The minimum absolute atomic E-state index is 0.138. The Hall–Kier alpha value is -1.96. The van der Waals surface area contributed by atoms with Crippen LogP contribution in [0.5, 0.6) is 11.5 Å². The molecule has 0 bridgehead atoms. The first-order valence-electron chi connectivity index (χ1n) is 11.0. The van der Waals surface area contributed by atoms with E-state index in [-0.39, 0.29) is 11.8 Å². The Labute approximate surface area is 170 Å². The summed E-state index contributed by atoms with van der Waals surface area (Å²) in [6, 6.07) is 8.48. The van der Waals surface area contributed by atoms with Gasteiger partial charge in [0.05, 0.1) is 0 Å². The van der Waals surface area contributed by atoms with E-state index >= 15 is 0 Å². The summed E-state index contributed by atoms with van der Waals surface area (Å²) in [4.78, 5) is 0. The van der Waals surface area contributed by atoms with E-state index in [1.54, 1.807) is 0 Å². The first-order chi connectivity index (χ1) is 13.4. The Morgan fingerprint density at radius 1 is 0.857 bits per heavy atom. The summed E-state index contributed by atoms with van der Waals surface area (Å²) >= 11 is 0. The van der Waals surface area contributed by atoms with Crippen LogP contribution in [0.15, 0.2) is 24.3 Å². The van der Waals surface area contributed by atoms with Crippen molar-refractivity contribution in [2.24, 2.45) is 5.92 Å². The molecule has 3 rings (SSSR count). The Balaban J connectivity index is 2.29. The lowest BCUT2D eigenvalue weighted by atomic mass is 9.69. The van der Waals surface area contributed by atoms with Gasteiger partial charge in [0.2, 0.25) is 0 Å². The van der Waals surface area contributed by atoms with Gasteiger partial charge in [-0.1, -0.05) is 64.3 Å². The Bertz CT molecular complexity index is 829. The number of hydrogen-bond acceptors (Lipinski definition) is 2. The van der Waals surface area contributed by atoms with E-state index in [0.717, 1.165) is 28.7 Å². The zero-order chi connectivity index (χ0) is 20.4. The molecule has 0 amide bonds. The second-order valence-corrected chi connectivity index (χ2v) is 8.92. The Morgan fingerprint density at radius 3 is 2.00 bits per heavy atom. The molecule has 0 spiro atoms. The highest BCUT2D eigenvalue weighted by molar-refractivity contribution is 5.56. The molecular weight excluding hydrogens is 344 g/mol. The summed E-state index contributed by atoms with van der Waals surface area (Å²) in [5, 5.41) is 22.1. The molecular formula is C26H36O2. The summed E-state index contributed by atoms with van der Waals surface area (Å²) < 4.78 is 0. The number of rotatable bonds is 5. The molecule has 152 valence electrons. The van der Waals surface area contributed by atoms with Crippen molar-refractivity contribution in [2.45, 2.75) is 85.0 Å². The normalized spacial score (nSPS) is 16.5. The molecule has 2 aromatic rings. The van der Waals surface area contributed by atoms with E-state index in [1.165, 1.54) is 43.2 Å². The van der Waals surface area contributed by atoms with E-state index in [1.807, 2.05) is 26.0 Å². The molecule has 28 heavy (non-hydrogen) atoms. The predicted molar refractivity (Wildman–Crippen MR) is 118 cm³/mol. The highest BCUT2D eigenvalue weighted by Gasteiger charge is 2.33. The second-order valence-electron chi connectivity index (χ2n) is 8.92. The molecule has 1 fully saturated rings. The fourth-order valence-electron chi connectivity index (χ4n) is 5.14. The molecule has 2 heteroatoms. The standard InChI is InChI=1S/C26H36O2/c1-6-19-14-12-17(4)26(28)24(19)23(20-10-8-7-9-11-20)21-15-13-18(5)25(27)22(21)16(2)3/h12-16,20,23,27-28H,6-11H2,1-5H3. The Morgan fingerprint density at radius 2 is 1.43 bits per heavy atom. The van der Waals surface area contributed by atoms with Crippen LogP contribution in [0.4, 0.5) is 0 Å². The van der Waals surface area contributed by atoms with Gasteiger partial charge in [-0.3, -0.25) is 0 Å². The molecule has 2 nitrogen and oxygen atoms in total. The van der Waals surface area contributed by atoms with Crippen LogP contribution in [0.25, 0.3) is 0 Å². The van der Waals surface area contributed by atoms with Crippen LogP contribution in [-0.4, -0.2) is 10.2 Å². The van der Waals surface area contributed by atoms with Crippen molar-refractivity contribution in [2.75, 3.05) is 0 Å². The van der Waals surface area contributed by atoms with Crippen molar-refractivity contribution >= 4 is 0 Å². The lowest BCUT2D eigenvalue weighted by Crippen LogP contribution is -2.21. The van der Waals surface area contributed by atoms with Gasteiger partial charge >= 0.3 is 0 Å². The van der Waals surface area contributed by atoms with E-state index in [0.29, 0.717) is 17.4 Å². The van der Waals surface area contributed by atoms with Crippen LogP contribution in [-0.2, 0) is 6.42 Å². The second kappa shape index (κ2) is 8.59. The number of phenolic OH excluding ortho intramolecular Hbond substituents is 2. The van der Waals surface area contributed by atoms with E-state index < -0.39 is 0 Å². The molecule has 1 atom stereocenters. The molecule has 0 saturated heterocycles. The van der Waals surface area contributed by atoms with E-state index in [9.17, 15) is 10.2 Å². The van der Waals surface area contributed by atoms with Gasteiger partial charge in [-0.05, 0) is 67.2 Å². The van der Waals surface area contributed by atoms with Crippen LogP contribution in [0.2, 0.25) is 0 Å². The lowest BCUT2D eigenvalue weighted by Gasteiger charge is -2.35. The molecule has 1 unspecified atom stereocenters. The molecule has 1 saturated carbocycles. The van der Waals surface area contributed by atoms with Gasteiger partial charge < -0.3 is 10.2 Å². The first kappa shape index (κ1) is 20.8. The van der Waals surface area contributed by atoms with Gasteiger partial charge in [0, 0.05) is 17.0 Å². The number of hydrogen-bond donors (Lipinski definition) is 2. The van der Waals surface area contributed by atoms with Gasteiger partial charge in [-0.25, -0.2) is 0 Å². The summed E-state index contributed by atoms with van der Waals surface area (Å²) in [5.41, 5.74) is 6.46. The fraction of sp³-hybridized carbons (Fsp3) is 0.538. The Kier molecular flexibility index (Phi) is 6.37. The number of aromatic hydroxyl groups is 2. The third-order valence-electron chi connectivity index (χ3n) is 6.69. The highest BCUT2D eigenvalue weighted by Crippen LogP contribution is 2.49. The van der Waals surface area contributed by atoms with Crippen LogP contribution in [0.1, 0.15) is 98.1 Å². The average molecular weight is 381 g/mol. The first-order valence-corrected chi connectivity index (χ1v) is 11.0.